The Balaban J connectivity index is 1.91. The highest BCUT2D eigenvalue weighted by molar-refractivity contribution is 7.88. The minimum atomic E-state index is -3.64. The summed E-state index contributed by atoms with van der Waals surface area (Å²) in [4.78, 5) is 18.9. The summed E-state index contributed by atoms with van der Waals surface area (Å²) < 4.78 is 33.1. The standard InChI is InChI=1S/C16H23N5O4S/c1-11-12(2)25-14(18-11)10-21(26(4,23)24)13-6-5-9-20(16(13)22)15-7-8-17-19(15)3/h7-8,13H,5-6,9-10H2,1-4H3/t13-/m1/s1. The summed E-state index contributed by atoms with van der Waals surface area (Å²) in [6.07, 6.45) is 3.86. The van der Waals surface area contributed by atoms with E-state index in [9.17, 15) is 13.2 Å². The van der Waals surface area contributed by atoms with E-state index < -0.39 is 16.1 Å². The molecule has 1 aliphatic heterocycles. The summed E-state index contributed by atoms with van der Waals surface area (Å²) >= 11 is 0. The SMILES string of the molecule is Cc1nc(CN([C@@H]2CCCN(c3ccnn3C)C2=O)S(C)(=O)=O)oc1C. The largest absolute Gasteiger partial charge is 0.444 e. The van der Waals surface area contributed by atoms with Crippen molar-refractivity contribution in [1.29, 1.82) is 0 Å². The van der Waals surface area contributed by atoms with Crippen molar-refractivity contribution < 1.29 is 17.6 Å². The van der Waals surface area contributed by atoms with Gasteiger partial charge in [-0.05, 0) is 26.7 Å². The molecule has 0 N–H and O–H groups in total. The number of sulfonamides is 1. The summed E-state index contributed by atoms with van der Waals surface area (Å²) in [5.41, 5.74) is 0.708. The van der Waals surface area contributed by atoms with Crippen molar-refractivity contribution in [2.24, 2.45) is 7.05 Å². The zero-order chi connectivity index (χ0) is 19.1. The van der Waals surface area contributed by atoms with Crippen LogP contribution in [0.4, 0.5) is 5.82 Å². The van der Waals surface area contributed by atoms with Gasteiger partial charge < -0.3 is 4.42 Å². The first-order chi connectivity index (χ1) is 12.2. The summed E-state index contributed by atoms with van der Waals surface area (Å²) in [6, 6.07) is 0.951. The molecular formula is C16H23N5O4S. The lowest BCUT2D eigenvalue weighted by Gasteiger charge is -2.36. The van der Waals surface area contributed by atoms with Gasteiger partial charge in [-0.2, -0.15) is 9.40 Å². The van der Waals surface area contributed by atoms with Crippen LogP contribution < -0.4 is 4.90 Å². The Bertz CT molecular complexity index is 897. The Morgan fingerprint density at radius 1 is 1.38 bits per heavy atom. The smallest absolute Gasteiger partial charge is 0.246 e. The second-order valence-corrected chi connectivity index (χ2v) is 8.45. The van der Waals surface area contributed by atoms with E-state index in [-0.39, 0.29) is 18.3 Å². The second-order valence-electron chi connectivity index (χ2n) is 6.52. The predicted molar refractivity (Wildman–Crippen MR) is 94.9 cm³/mol. The molecule has 1 aliphatic rings. The molecule has 1 atom stereocenters. The van der Waals surface area contributed by atoms with Crippen LogP contribution >= 0.6 is 0 Å². The van der Waals surface area contributed by atoms with Gasteiger partial charge in [0.25, 0.3) is 0 Å². The quantitative estimate of drug-likeness (QED) is 0.765. The zero-order valence-electron chi connectivity index (χ0n) is 15.3. The van der Waals surface area contributed by atoms with Crippen LogP contribution in [-0.2, 0) is 28.4 Å². The Hall–Kier alpha value is -2.20. The van der Waals surface area contributed by atoms with Gasteiger partial charge in [-0.3, -0.25) is 14.4 Å². The van der Waals surface area contributed by atoms with E-state index in [1.54, 1.807) is 42.7 Å². The highest BCUT2D eigenvalue weighted by Crippen LogP contribution is 2.26. The number of anilines is 1. The summed E-state index contributed by atoms with van der Waals surface area (Å²) in [5.74, 6) is 1.32. The molecule has 10 heteroatoms. The molecule has 0 saturated carbocycles. The van der Waals surface area contributed by atoms with E-state index in [1.807, 2.05) is 0 Å². The fourth-order valence-electron chi connectivity index (χ4n) is 3.18. The minimum absolute atomic E-state index is 0.0663. The number of aryl methyl sites for hydroxylation is 3. The van der Waals surface area contributed by atoms with Gasteiger partial charge in [-0.15, -0.1) is 0 Å². The van der Waals surface area contributed by atoms with E-state index in [2.05, 4.69) is 10.1 Å². The van der Waals surface area contributed by atoms with Crippen molar-refractivity contribution in [2.45, 2.75) is 39.3 Å². The van der Waals surface area contributed by atoms with Gasteiger partial charge in [-0.1, -0.05) is 0 Å². The topological polar surface area (TPSA) is 102 Å². The van der Waals surface area contributed by atoms with Crippen LogP contribution in [0.2, 0.25) is 0 Å². The van der Waals surface area contributed by atoms with Crippen LogP contribution in [0.25, 0.3) is 0 Å². The molecular weight excluding hydrogens is 358 g/mol. The highest BCUT2D eigenvalue weighted by atomic mass is 32.2. The van der Waals surface area contributed by atoms with E-state index in [1.165, 1.54) is 4.31 Å². The fraction of sp³-hybridized carbons (Fsp3) is 0.562. The normalized spacial score (nSPS) is 18.7. The number of carbonyl (C=O) groups is 1. The van der Waals surface area contributed by atoms with Crippen LogP contribution in [0.15, 0.2) is 16.7 Å². The third kappa shape index (κ3) is 3.51. The highest BCUT2D eigenvalue weighted by Gasteiger charge is 2.39. The third-order valence-corrected chi connectivity index (χ3v) is 5.86. The Labute approximate surface area is 152 Å². The van der Waals surface area contributed by atoms with Gasteiger partial charge in [0.05, 0.1) is 24.7 Å². The van der Waals surface area contributed by atoms with E-state index in [4.69, 9.17) is 4.42 Å². The first-order valence-corrected chi connectivity index (χ1v) is 10.2. The molecule has 0 aromatic carbocycles. The molecule has 2 aromatic rings. The summed E-state index contributed by atoms with van der Waals surface area (Å²) in [6.45, 7) is 4.03. The van der Waals surface area contributed by atoms with Crippen molar-refractivity contribution in [3.63, 3.8) is 0 Å². The monoisotopic (exact) mass is 381 g/mol. The summed E-state index contributed by atoms with van der Waals surface area (Å²) in [5, 5.41) is 4.09. The third-order valence-electron chi connectivity index (χ3n) is 4.62. The lowest BCUT2D eigenvalue weighted by Crippen LogP contribution is -2.54. The van der Waals surface area contributed by atoms with Crippen molar-refractivity contribution in [3.8, 4) is 0 Å². The number of hydrogen-bond acceptors (Lipinski definition) is 6. The molecule has 26 heavy (non-hydrogen) atoms. The van der Waals surface area contributed by atoms with Crippen molar-refractivity contribution >= 4 is 21.7 Å². The van der Waals surface area contributed by atoms with Crippen LogP contribution in [0.1, 0.15) is 30.2 Å². The van der Waals surface area contributed by atoms with Gasteiger partial charge in [0.15, 0.2) is 0 Å². The number of rotatable bonds is 5. The zero-order valence-corrected chi connectivity index (χ0v) is 16.2. The molecule has 0 radical (unpaired) electrons. The number of nitrogens with zero attached hydrogens (tertiary/aromatic N) is 5. The molecule has 0 unspecified atom stereocenters. The van der Waals surface area contributed by atoms with Crippen LogP contribution in [0.3, 0.4) is 0 Å². The van der Waals surface area contributed by atoms with E-state index in [0.29, 0.717) is 36.7 Å². The van der Waals surface area contributed by atoms with Crippen molar-refractivity contribution in [2.75, 3.05) is 17.7 Å². The maximum Gasteiger partial charge on any atom is 0.246 e. The Morgan fingerprint density at radius 2 is 2.12 bits per heavy atom. The molecule has 3 heterocycles. The van der Waals surface area contributed by atoms with Crippen LogP contribution in [0.5, 0.6) is 0 Å². The lowest BCUT2D eigenvalue weighted by molar-refractivity contribution is -0.123. The molecule has 1 saturated heterocycles. The lowest BCUT2D eigenvalue weighted by atomic mass is 10.0. The second kappa shape index (κ2) is 6.84. The Morgan fingerprint density at radius 3 is 2.65 bits per heavy atom. The van der Waals surface area contributed by atoms with Crippen LogP contribution in [-0.4, -0.2) is 52.2 Å². The molecule has 0 spiro atoms. The predicted octanol–water partition coefficient (Wildman–Crippen LogP) is 0.982. The molecule has 0 aliphatic carbocycles. The van der Waals surface area contributed by atoms with Gasteiger partial charge >= 0.3 is 0 Å². The number of oxazole rings is 1. The molecule has 1 fully saturated rings. The van der Waals surface area contributed by atoms with E-state index >= 15 is 0 Å². The van der Waals surface area contributed by atoms with Gasteiger partial charge in [0.2, 0.25) is 21.8 Å². The number of carbonyl (C=O) groups excluding carboxylic acids is 1. The molecule has 3 rings (SSSR count). The molecule has 1 amide bonds. The maximum absolute atomic E-state index is 13.1. The van der Waals surface area contributed by atoms with Crippen LogP contribution in [0, 0.1) is 13.8 Å². The summed E-state index contributed by atoms with van der Waals surface area (Å²) in [7, 11) is -1.89. The van der Waals surface area contributed by atoms with Gasteiger partial charge in [0.1, 0.15) is 17.6 Å². The van der Waals surface area contributed by atoms with E-state index in [0.717, 1.165) is 6.26 Å². The molecule has 2 aromatic heterocycles. The number of amides is 1. The number of aromatic nitrogens is 3. The fourth-order valence-corrected chi connectivity index (χ4v) is 4.18. The maximum atomic E-state index is 13.1. The Kier molecular flexibility index (Phi) is 4.89. The number of hydrogen-bond donors (Lipinski definition) is 0. The van der Waals surface area contributed by atoms with Crippen molar-refractivity contribution in [1.82, 2.24) is 19.1 Å². The average molecular weight is 381 g/mol. The van der Waals surface area contributed by atoms with Gasteiger partial charge in [0, 0.05) is 19.7 Å². The first-order valence-electron chi connectivity index (χ1n) is 8.37. The number of piperidine rings is 1. The molecule has 9 nitrogen and oxygen atoms in total. The average Bonchev–Trinajstić information content (AvgIpc) is 3.10. The minimum Gasteiger partial charge on any atom is -0.444 e. The van der Waals surface area contributed by atoms with Gasteiger partial charge in [-0.25, -0.2) is 13.4 Å². The molecule has 0 bridgehead atoms. The first kappa shape index (κ1) is 18.6. The van der Waals surface area contributed by atoms with Crippen molar-refractivity contribution in [3.05, 3.63) is 29.6 Å². The molecule has 142 valence electrons.